The summed E-state index contributed by atoms with van der Waals surface area (Å²) in [5, 5.41) is 0. The van der Waals surface area contributed by atoms with Crippen molar-refractivity contribution in [1.82, 2.24) is 0 Å². The Kier molecular flexibility index (Phi) is 6.19. The highest BCUT2D eigenvalue weighted by molar-refractivity contribution is 7.92. The van der Waals surface area contributed by atoms with Crippen LogP contribution in [0.3, 0.4) is 0 Å². The van der Waals surface area contributed by atoms with Crippen LogP contribution < -0.4 is 9.04 Å². The molecule has 0 aromatic heterocycles. The Hall–Kier alpha value is -3.32. The minimum atomic E-state index is -3.95. The molecule has 0 amide bonds. The van der Waals surface area contributed by atoms with Crippen LogP contribution in [0.5, 0.6) is 5.75 Å². The number of anilines is 1. The van der Waals surface area contributed by atoms with Crippen LogP contribution in [-0.2, 0) is 21.3 Å². The molecular weight excluding hydrogens is 390 g/mol. The maximum absolute atomic E-state index is 13.5. The standard InChI is InChI=1S/C22H21NO5S/c1-27-20-13-11-19(12-14-20)23(16-17-7-4-3-5-8-17)29(25,26)21-10-6-9-18(15-21)22(24)28-2/h3-15H,16H2,1-2H3. The summed E-state index contributed by atoms with van der Waals surface area (Å²) in [5.41, 5.74) is 1.48. The number of hydrogen-bond donors (Lipinski definition) is 0. The van der Waals surface area contributed by atoms with Crippen molar-refractivity contribution in [3.63, 3.8) is 0 Å². The Labute approximate surface area is 170 Å². The second kappa shape index (κ2) is 8.79. The molecule has 0 aliphatic rings. The second-order valence-electron chi connectivity index (χ2n) is 6.21. The van der Waals surface area contributed by atoms with Gasteiger partial charge in [-0.15, -0.1) is 0 Å². The minimum absolute atomic E-state index is 0.00662. The number of ether oxygens (including phenoxy) is 2. The monoisotopic (exact) mass is 411 g/mol. The maximum atomic E-state index is 13.5. The minimum Gasteiger partial charge on any atom is -0.497 e. The number of esters is 1. The molecule has 0 atom stereocenters. The average Bonchev–Trinajstić information content (AvgIpc) is 2.77. The van der Waals surface area contributed by atoms with Gasteiger partial charge >= 0.3 is 5.97 Å². The number of sulfonamides is 1. The van der Waals surface area contributed by atoms with Gasteiger partial charge < -0.3 is 9.47 Å². The fourth-order valence-corrected chi connectivity index (χ4v) is 4.34. The Morgan fingerprint density at radius 2 is 1.59 bits per heavy atom. The first-order valence-corrected chi connectivity index (χ1v) is 10.3. The molecule has 29 heavy (non-hydrogen) atoms. The van der Waals surface area contributed by atoms with Crippen LogP contribution in [0, 0.1) is 0 Å². The van der Waals surface area contributed by atoms with Crippen molar-refractivity contribution in [3.8, 4) is 5.75 Å². The highest BCUT2D eigenvalue weighted by Crippen LogP contribution is 2.28. The van der Waals surface area contributed by atoms with E-state index in [0.717, 1.165) is 5.56 Å². The first kappa shape index (κ1) is 20.4. The Balaban J connectivity index is 2.07. The van der Waals surface area contributed by atoms with E-state index in [-0.39, 0.29) is 17.0 Å². The zero-order valence-electron chi connectivity index (χ0n) is 16.1. The molecule has 3 aromatic rings. The average molecular weight is 411 g/mol. The summed E-state index contributed by atoms with van der Waals surface area (Å²) < 4.78 is 38.2. The normalized spacial score (nSPS) is 11.0. The first-order chi connectivity index (χ1) is 14.0. The fourth-order valence-electron chi connectivity index (χ4n) is 2.84. The Morgan fingerprint density at radius 1 is 0.897 bits per heavy atom. The maximum Gasteiger partial charge on any atom is 0.337 e. The zero-order valence-corrected chi connectivity index (χ0v) is 16.9. The molecule has 0 N–H and O–H groups in total. The lowest BCUT2D eigenvalue weighted by Gasteiger charge is -2.25. The van der Waals surface area contributed by atoms with Crippen molar-refractivity contribution in [3.05, 3.63) is 90.0 Å². The third kappa shape index (κ3) is 4.57. The van der Waals surface area contributed by atoms with E-state index in [1.807, 2.05) is 30.3 Å². The summed E-state index contributed by atoms with van der Waals surface area (Å²) in [6.07, 6.45) is 0. The molecule has 0 radical (unpaired) electrons. The summed E-state index contributed by atoms with van der Waals surface area (Å²) in [4.78, 5) is 11.9. The summed E-state index contributed by atoms with van der Waals surface area (Å²) in [6.45, 7) is 0.137. The van der Waals surface area contributed by atoms with Gasteiger partial charge in [-0.05, 0) is 48.0 Å². The largest absolute Gasteiger partial charge is 0.497 e. The molecule has 0 aliphatic carbocycles. The van der Waals surface area contributed by atoms with E-state index in [9.17, 15) is 13.2 Å². The molecule has 6 nitrogen and oxygen atoms in total. The van der Waals surface area contributed by atoms with Crippen LogP contribution in [-0.4, -0.2) is 28.6 Å². The molecule has 0 unspecified atom stereocenters. The first-order valence-electron chi connectivity index (χ1n) is 8.85. The molecule has 0 aliphatic heterocycles. The third-order valence-corrected chi connectivity index (χ3v) is 6.14. The molecule has 3 rings (SSSR count). The fraction of sp³-hybridized carbons (Fsp3) is 0.136. The predicted molar refractivity (Wildman–Crippen MR) is 111 cm³/mol. The molecule has 3 aromatic carbocycles. The lowest BCUT2D eigenvalue weighted by atomic mass is 10.2. The molecule has 0 bridgehead atoms. The summed E-state index contributed by atoms with van der Waals surface area (Å²) >= 11 is 0. The van der Waals surface area contributed by atoms with Gasteiger partial charge in [0.1, 0.15) is 5.75 Å². The molecule has 0 saturated heterocycles. The number of nitrogens with zero attached hydrogens (tertiary/aromatic N) is 1. The zero-order chi connectivity index (χ0) is 20.9. The highest BCUT2D eigenvalue weighted by atomic mass is 32.2. The summed E-state index contributed by atoms with van der Waals surface area (Å²) in [6, 6.07) is 21.9. The lowest BCUT2D eigenvalue weighted by Crippen LogP contribution is -2.30. The van der Waals surface area contributed by atoms with E-state index in [1.165, 1.54) is 35.7 Å². The number of carbonyl (C=O) groups is 1. The molecule has 150 valence electrons. The van der Waals surface area contributed by atoms with Gasteiger partial charge in [-0.2, -0.15) is 0 Å². The van der Waals surface area contributed by atoms with E-state index in [4.69, 9.17) is 9.47 Å². The van der Waals surface area contributed by atoms with Gasteiger partial charge in [-0.3, -0.25) is 4.31 Å². The molecule has 0 fully saturated rings. The number of methoxy groups -OCH3 is 2. The Morgan fingerprint density at radius 3 is 2.21 bits per heavy atom. The highest BCUT2D eigenvalue weighted by Gasteiger charge is 2.26. The number of hydrogen-bond acceptors (Lipinski definition) is 5. The molecule has 0 spiro atoms. The van der Waals surface area contributed by atoms with Gasteiger partial charge in [0.15, 0.2) is 0 Å². The van der Waals surface area contributed by atoms with Crippen molar-refractivity contribution in [2.45, 2.75) is 11.4 Å². The number of benzene rings is 3. The smallest absolute Gasteiger partial charge is 0.337 e. The van der Waals surface area contributed by atoms with Crippen LogP contribution in [0.1, 0.15) is 15.9 Å². The van der Waals surface area contributed by atoms with Crippen LogP contribution in [0.2, 0.25) is 0 Å². The molecule has 0 saturated carbocycles. The van der Waals surface area contributed by atoms with Gasteiger partial charge in [0.25, 0.3) is 10.0 Å². The number of carbonyl (C=O) groups excluding carboxylic acids is 1. The SMILES string of the molecule is COC(=O)c1cccc(S(=O)(=O)N(Cc2ccccc2)c2ccc(OC)cc2)c1. The molecule has 0 heterocycles. The van der Waals surface area contributed by atoms with Crippen molar-refractivity contribution < 1.29 is 22.7 Å². The van der Waals surface area contributed by atoms with Crippen molar-refractivity contribution in [2.75, 3.05) is 18.5 Å². The molecule has 7 heteroatoms. The topological polar surface area (TPSA) is 72.9 Å². The van der Waals surface area contributed by atoms with Crippen molar-refractivity contribution >= 4 is 21.7 Å². The second-order valence-corrected chi connectivity index (χ2v) is 8.08. The van der Waals surface area contributed by atoms with E-state index in [0.29, 0.717) is 11.4 Å². The van der Waals surface area contributed by atoms with Crippen LogP contribution in [0.15, 0.2) is 83.8 Å². The van der Waals surface area contributed by atoms with E-state index >= 15 is 0 Å². The van der Waals surface area contributed by atoms with Gasteiger partial charge in [-0.25, -0.2) is 13.2 Å². The van der Waals surface area contributed by atoms with Crippen LogP contribution in [0.4, 0.5) is 5.69 Å². The van der Waals surface area contributed by atoms with Crippen LogP contribution >= 0.6 is 0 Å². The summed E-state index contributed by atoms with van der Waals surface area (Å²) in [5.74, 6) is 0.0274. The Bertz CT molecular complexity index is 1080. The van der Waals surface area contributed by atoms with Crippen molar-refractivity contribution in [2.24, 2.45) is 0 Å². The van der Waals surface area contributed by atoms with Crippen LogP contribution in [0.25, 0.3) is 0 Å². The van der Waals surface area contributed by atoms with Gasteiger partial charge in [0, 0.05) is 0 Å². The third-order valence-electron chi connectivity index (χ3n) is 4.37. The molecular formula is C22H21NO5S. The number of rotatable bonds is 7. The van der Waals surface area contributed by atoms with Gasteiger partial charge in [0.2, 0.25) is 0 Å². The van der Waals surface area contributed by atoms with Crippen molar-refractivity contribution in [1.29, 1.82) is 0 Å². The lowest BCUT2D eigenvalue weighted by molar-refractivity contribution is 0.0600. The van der Waals surface area contributed by atoms with Gasteiger partial charge in [-0.1, -0.05) is 36.4 Å². The predicted octanol–water partition coefficient (Wildman–Crippen LogP) is 3.88. The summed E-state index contributed by atoms with van der Waals surface area (Å²) in [7, 11) is -1.15. The van der Waals surface area contributed by atoms with Gasteiger partial charge in [0.05, 0.1) is 36.9 Å². The van der Waals surface area contributed by atoms with E-state index in [2.05, 4.69) is 0 Å². The quantitative estimate of drug-likeness (QED) is 0.552. The van der Waals surface area contributed by atoms with E-state index in [1.54, 1.807) is 31.4 Å². The van der Waals surface area contributed by atoms with E-state index < -0.39 is 16.0 Å².